The highest BCUT2D eigenvalue weighted by molar-refractivity contribution is 14.1. The Morgan fingerprint density at radius 3 is 2.31 bits per heavy atom. The van der Waals surface area contributed by atoms with Crippen LogP contribution >= 0.6 is 22.6 Å². The second-order valence-electron chi connectivity index (χ2n) is 4.71. The standard InChI is InChI=1S/C14H22IN/c1-4-16-14(9-11(2)3)10-12-5-7-13(15)8-6-12/h5-8,11,14,16H,4,9-10H2,1-3H3. The zero-order valence-corrected chi connectivity index (χ0v) is 12.6. The van der Waals surface area contributed by atoms with Gasteiger partial charge in [0.2, 0.25) is 0 Å². The lowest BCUT2D eigenvalue weighted by molar-refractivity contribution is 0.424. The number of nitrogens with one attached hydrogen (secondary N) is 1. The van der Waals surface area contributed by atoms with E-state index in [2.05, 4.69) is 72.9 Å². The molecule has 1 nitrogen and oxygen atoms in total. The van der Waals surface area contributed by atoms with Crippen molar-refractivity contribution < 1.29 is 0 Å². The summed E-state index contributed by atoms with van der Waals surface area (Å²) in [5, 5.41) is 3.58. The van der Waals surface area contributed by atoms with Gasteiger partial charge in [0.05, 0.1) is 0 Å². The Bertz CT molecular complexity index is 292. The molecule has 0 saturated carbocycles. The maximum Gasteiger partial charge on any atom is 0.0130 e. The van der Waals surface area contributed by atoms with Crippen LogP contribution in [0.1, 0.15) is 32.8 Å². The van der Waals surface area contributed by atoms with Gasteiger partial charge < -0.3 is 5.32 Å². The highest BCUT2D eigenvalue weighted by atomic mass is 127. The van der Waals surface area contributed by atoms with Crippen LogP contribution < -0.4 is 5.32 Å². The molecule has 2 heteroatoms. The lowest BCUT2D eigenvalue weighted by atomic mass is 9.97. The number of hydrogen-bond acceptors (Lipinski definition) is 1. The normalized spacial score (nSPS) is 13.1. The Morgan fingerprint density at radius 2 is 1.81 bits per heavy atom. The van der Waals surface area contributed by atoms with E-state index in [1.165, 1.54) is 15.6 Å². The van der Waals surface area contributed by atoms with E-state index in [1.54, 1.807) is 0 Å². The van der Waals surface area contributed by atoms with E-state index in [4.69, 9.17) is 0 Å². The minimum absolute atomic E-state index is 0.616. The van der Waals surface area contributed by atoms with Crippen molar-refractivity contribution in [3.05, 3.63) is 33.4 Å². The molecule has 0 amide bonds. The summed E-state index contributed by atoms with van der Waals surface area (Å²) in [5.74, 6) is 0.757. The van der Waals surface area contributed by atoms with Gasteiger partial charge in [-0.25, -0.2) is 0 Å². The molecule has 90 valence electrons. The molecule has 0 saturated heterocycles. The largest absolute Gasteiger partial charge is 0.314 e. The molecule has 0 aliphatic heterocycles. The van der Waals surface area contributed by atoms with Crippen LogP contribution in [0.2, 0.25) is 0 Å². The molecule has 1 rings (SSSR count). The fraction of sp³-hybridized carbons (Fsp3) is 0.571. The fourth-order valence-corrected chi connectivity index (χ4v) is 2.36. The van der Waals surface area contributed by atoms with Gasteiger partial charge in [-0.1, -0.05) is 32.9 Å². The lowest BCUT2D eigenvalue weighted by Gasteiger charge is -2.20. The molecule has 0 spiro atoms. The Balaban J connectivity index is 2.56. The average molecular weight is 331 g/mol. The van der Waals surface area contributed by atoms with Crippen molar-refractivity contribution in [1.82, 2.24) is 5.32 Å². The molecular formula is C14H22IN. The van der Waals surface area contributed by atoms with Crippen molar-refractivity contribution in [2.45, 2.75) is 39.7 Å². The number of benzene rings is 1. The van der Waals surface area contributed by atoms with E-state index >= 15 is 0 Å². The molecule has 0 heterocycles. The van der Waals surface area contributed by atoms with Gasteiger partial charge in [0, 0.05) is 9.61 Å². The predicted octanol–water partition coefficient (Wildman–Crippen LogP) is 3.86. The summed E-state index contributed by atoms with van der Waals surface area (Å²) in [5.41, 5.74) is 1.44. The maximum absolute atomic E-state index is 3.58. The first-order chi connectivity index (χ1) is 7.61. The number of rotatable bonds is 6. The highest BCUT2D eigenvalue weighted by Gasteiger charge is 2.10. The quantitative estimate of drug-likeness (QED) is 0.781. The Kier molecular flexibility index (Phi) is 6.36. The molecule has 0 fully saturated rings. The van der Waals surface area contributed by atoms with Gasteiger partial charge in [0.25, 0.3) is 0 Å². The van der Waals surface area contributed by atoms with Gasteiger partial charge in [-0.2, -0.15) is 0 Å². The molecule has 16 heavy (non-hydrogen) atoms. The van der Waals surface area contributed by atoms with Crippen LogP contribution in [0.4, 0.5) is 0 Å². The third-order valence-electron chi connectivity index (χ3n) is 2.64. The van der Waals surface area contributed by atoms with Crippen LogP contribution in [0.3, 0.4) is 0 Å². The highest BCUT2D eigenvalue weighted by Crippen LogP contribution is 2.13. The van der Waals surface area contributed by atoms with Crippen LogP contribution in [-0.4, -0.2) is 12.6 Å². The molecule has 1 atom stereocenters. The molecule has 0 aliphatic rings. The molecule has 0 aromatic heterocycles. The van der Waals surface area contributed by atoms with Crippen LogP contribution in [0, 0.1) is 9.49 Å². The summed E-state index contributed by atoms with van der Waals surface area (Å²) < 4.78 is 1.31. The molecule has 0 bridgehead atoms. The molecular weight excluding hydrogens is 309 g/mol. The molecule has 1 aromatic carbocycles. The summed E-state index contributed by atoms with van der Waals surface area (Å²) >= 11 is 2.35. The van der Waals surface area contributed by atoms with Gasteiger partial charge in [0.1, 0.15) is 0 Å². The molecule has 0 aliphatic carbocycles. The summed E-state index contributed by atoms with van der Waals surface area (Å²) in [6.07, 6.45) is 2.39. The van der Waals surface area contributed by atoms with Gasteiger partial charge in [0.15, 0.2) is 0 Å². The van der Waals surface area contributed by atoms with E-state index in [0.717, 1.165) is 18.9 Å². The molecule has 1 aromatic rings. The Labute approximate surface area is 113 Å². The lowest BCUT2D eigenvalue weighted by Crippen LogP contribution is -2.32. The van der Waals surface area contributed by atoms with Gasteiger partial charge >= 0.3 is 0 Å². The minimum Gasteiger partial charge on any atom is -0.314 e. The second kappa shape index (κ2) is 7.28. The number of hydrogen-bond donors (Lipinski definition) is 1. The first-order valence-corrected chi connectivity index (χ1v) is 7.17. The third kappa shape index (κ3) is 5.30. The zero-order valence-electron chi connectivity index (χ0n) is 10.5. The van der Waals surface area contributed by atoms with Crippen molar-refractivity contribution in [1.29, 1.82) is 0 Å². The molecule has 0 radical (unpaired) electrons. The Hall–Kier alpha value is -0.0900. The summed E-state index contributed by atoms with van der Waals surface area (Å²) in [4.78, 5) is 0. The smallest absolute Gasteiger partial charge is 0.0130 e. The van der Waals surface area contributed by atoms with Gasteiger partial charge in [-0.3, -0.25) is 0 Å². The summed E-state index contributed by atoms with van der Waals surface area (Å²) in [6, 6.07) is 9.48. The average Bonchev–Trinajstić information content (AvgIpc) is 2.21. The van der Waals surface area contributed by atoms with Crippen LogP contribution in [0.5, 0.6) is 0 Å². The van der Waals surface area contributed by atoms with E-state index in [9.17, 15) is 0 Å². The molecule has 1 unspecified atom stereocenters. The van der Waals surface area contributed by atoms with Gasteiger partial charge in [-0.15, -0.1) is 0 Å². The zero-order chi connectivity index (χ0) is 12.0. The van der Waals surface area contributed by atoms with Crippen molar-refractivity contribution in [2.75, 3.05) is 6.54 Å². The first kappa shape index (κ1) is 14.0. The number of halogens is 1. The topological polar surface area (TPSA) is 12.0 Å². The van der Waals surface area contributed by atoms with Crippen molar-refractivity contribution in [2.24, 2.45) is 5.92 Å². The monoisotopic (exact) mass is 331 g/mol. The molecule has 1 N–H and O–H groups in total. The maximum atomic E-state index is 3.58. The van der Waals surface area contributed by atoms with E-state index in [0.29, 0.717) is 6.04 Å². The van der Waals surface area contributed by atoms with E-state index in [-0.39, 0.29) is 0 Å². The van der Waals surface area contributed by atoms with Crippen LogP contribution in [0.15, 0.2) is 24.3 Å². The summed E-state index contributed by atoms with van der Waals surface area (Å²) in [7, 11) is 0. The minimum atomic E-state index is 0.616. The SMILES string of the molecule is CCNC(Cc1ccc(I)cc1)CC(C)C. The van der Waals surface area contributed by atoms with E-state index in [1.807, 2.05) is 0 Å². The van der Waals surface area contributed by atoms with E-state index < -0.39 is 0 Å². The van der Waals surface area contributed by atoms with Crippen LogP contribution in [-0.2, 0) is 6.42 Å². The van der Waals surface area contributed by atoms with Crippen molar-refractivity contribution in [3.63, 3.8) is 0 Å². The predicted molar refractivity (Wildman–Crippen MR) is 79.8 cm³/mol. The summed E-state index contributed by atoms with van der Waals surface area (Å²) in [6.45, 7) is 7.82. The Morgan fingerprint density at radius 1 is 1.19 bits per heavy atom. The van der Waals surface area contributed by atoms with Crippen LogP contribution in [0.25, 0.3) is 0 Å². The first-order valence-electron chi connectivity index (χ1n) is 6.09. The second-order valence-corrected chi connectivity index (χ2v) is 5.96. The van der Waals surface area contributed by atoms with Crippen molar-refractivity contribution in [3.8, 4) is 0 Å². The fourth-order valence-electron chi connectivity index (χ4n) is 2.00. The van der Waals surface area contributed by atoms with Crippen molar-refractivity contribution >= 4 is 22.6 Å². The third-order valence-corrected chi connectivity index (χ3v) is 3.36. The number of likely N-dealkylation sites (N-methyl/N-ethyl adjacent to an activating group) is 1. The van der Waals surface area contributed by atoms with Gasteiger partial charge in [-0.05, 0) is 65.6 Å².